The number of nitrogens with one attached hydrogen (secondary N) is 1. The van der Waals surface area contributed by atoms with E-state index in [2.05, 4.69) is 44.9 Å². The van der Waals surface area contributed by atoms with E-state index in [0.717, 1.165) is 11.7 Å². The number of aliphatic imine (C=N–C) groups is 1. The van der Waals surface area contributed by atoms with Crippen molar-refractivity contribution >= 4 is 16.9 Å². The summed E-state index contributed by atoms with van der Waals surface area (Å²) in [6, 6.07) is 0.476. The molecule has 0 amide bonds. The minimum absolute atomic E-state index is 0.301. The number of hydrogen-bond acceptors (Lipinski definition) is 3. The Labute approximate surface area is 85.6 Å². The Morgan fingerprint density at radius 1 is 1.54 bits per heavy atom. The van der Waals surface area contributed by atoms with Crippen LogP contribution in [0.15, 0.2) is 4.99 Å². The molecule has 0 saturated heterocycles. The van der Waals surface area contributed by atoms with Crippen LogP contribution in [0, 0.1) is 5.41 Å². The molecule has 0 spiro atoms. The molecular weight excluding hydrogens is 180 g/mol. The van der Waals surface area contributed by atoms with E-state index in [1.54, 1.807) is 0 Å². The maximum Gasteiger partial charge on any atom is 0.157 e. The van der Waals surface area contributed by atoms with Gasteiger partial charge in [-0.15, -0.1) is 0 Å². The predicted molar refractivity (Wildman–Crippen MR) is 61.4 cm³/mol. The monoisotopic (exact) mass is 200 g/mol. The number of thioether (sulfide) groups is 1. The highest BCUT2D eigenvalue weighted by Gasteiger charge is 2.23. The molecule has 1 aliphatic heterocycles. The Hall–Kier alpha value is -0.180. The average molecular weight is 200 g/mol. The molecule has 2 nitrogen and oxygen atoms in total. The zero-order valence-electron chi connectivity index (χ0n) is 9.22. The molecule has 0 radical (unpaired) electrons. The molecule has 0 aliphatic carbocycles. The maximum absolute atomic E-state index is 4.44. The summed E-state index contributed by atoms with van der Waals surface area (Å²) in [6.45, 7) is 12.1. The molecule has 0 fully saturated rings. The number of rotatable bonds is 1. The highest BCUT2D eigenvalue weighted by Crippen LogP contribution is 2.23. The molecule has 0 aromatic heterocycles. The molecule has 13 heavy (non-hydrogen) atoms. The van der Waals surface area contributed by atoms with Gasteiger partial charge in [-0.1, -0.05) is 39.5 Å². The fourth-order valence-corrected chi connectivity index (χ4v) is 1.88. The lowest BCUT2D eigenvalue weighted by atomic mass is 9.88. The minimum atomic E-state index is 0.301. The highest BCUT2D eigenvalue weighted by atomic mass is 32.2. The van der Waals surface area contributed by atoms with Gasteiger partial charge in [-0.3, -0.25) is 4.99 Å². The van der Waals surface area contributed by atoms with Crippen LogP contribution >= 0.6 is 11.8 Å². The first-order valence-corrected chi connectivity index (χ1v) is 5.75. The van der Waals surface area contributed by atoms with E-state index < -0.39 is 0 Å². The van der Waals surface area contributed by atoms with Crippen molar-refractivity contribution in [3.05, 3.63) is 0 Å². The third-order valence-electron chi connectivity index (χ3n) is 2.44. The highest BCUT2D eigenvalue weighted by molar-refractivity contribution is 8.14. The van der Waals surface area contributed by atoms with Crippen molar-refractivity contribution < 1.29 is 0 Å². The van der Waals surface area contributed by atoms with Gasteiger partial charge in [0.15, 0.2) is 5.17 Å². The van der Waals surface area contributed by atoms with E-state index >= 15 is 0 Å². The quantitative estimate of drug-likeness (QED) is 0.703. The molecule has 2 unspecified atom stereocenters. The summed E-state index contributed by atoms with van der Waals surface area (Å²) in [5.41, 5.74) is 0.301. The van der Waals surface area contributed by atoms with Crippen molar-refractivity contribution in [2.24, 2.45) is 10.4 Å². The van der Waals surface area contributed by atoms with E-state index in [1.165, 1.54) is 0 Å². The van der Waals surface area contributed by atoms with Crippen molar-refractivity contribution in [1.29, 1.82) is 0 Å². The second kappa shape index (κ2) is 3.91. The second-order valence-corrected chi connectivity index (χ2v) is 6.23. The normalized spacial score (nSPS) is 25.6. The van der Waals surface area contributed by atoms with E-state index in [4.69, 9.17) is 0 Å². The third kappa shape index (κ3) is 3.22. The van der Waals surface area contributed by atoms with Crippen LogP contribution in [0.1, 0.15) is 34.6 Å². The topological polar surface area (TPSA) is 24.4 Å². The van der Waals surface area contributed by atoms with Crippen LogP contribution in [0.4, 0.5) is 0 Å². The third-order valence-corrected chi connectivity index (χ3v) is 3.47. The largest absolute Gasteiger partial charge is 0.362 e. The van der Waals surface area contributed by atoms with E-state index in [-0.39, 0.29) is 0 Å². The molecule has 0 bridgehead atoms. The Bertz CT molecular complexity index is 205. The molecule has 1 rings (SSSR count). The lowest BCUT2D eigenvalue weighted by Crippen LogP contribution is -2.39. The molecule has 1 heterocycles. The van der Waals surface area contributed by atoms with Gasteiger partial charge in [0, 0.05) is 11.3 Å². The van der Waals surface area contributed by atoms with Gasteiger partial charge in [0.1, 0.15) is 0 Å². The summed E-state index contributed by atoms with van der Waals surface area (Å²) in [5.74, 6) is 0. The van der Waals surface area contributed by atoms with Gasteiger partial charge in [0.2, 0.25) is 0 Å². The second-order valence-electron chi connectivity index (χ2n) is 4.81. The molecule has 0 aromatic rings. The smallest absolute Gasteiger partial charge is 0.157 e. The Morgan fingerprint density at radius 3 is 2.54 bits per heavy atom. The van der Waals surface area contributed by atoms with E-state index in [0.29, 0.717) is 16.7 Å². The molecule has 76 valence electrons. The molecule has 0 saturated carbocycles. The van der Waals surface area contributed by atoms with Crippen molar-refractivity contribution in [1.82, 2.24) is 5.32 Å². The summed E-state index contributed by atoms with van der Waals surface area (Å²) in [7, 11) is 0. The van der Waals surface area contributed by atoms with Gasteiger partial charge in [0.25, 0.3) is 0 Å². The summed E-state index contributed by atoms with van der Waals surface area (Å²) < 4.78 is 0. The Kier molecular flexibility index (Phi) is 3.28. The van der Waals surface area contributed by atoms with E-state index in [9.17, 15) is 0 Å². The van der Waals surface area contributed by atoms with Gasteiger partial charge in [-0.2, -0.15) is 0 Å². The summed E-state index contributed by atoms with van der Waals surface area (Å²) in [5, 5.41) is 5.23. The Balaban J connectivity index is 2.42. The van der Waals surface area contributed by atoms with Crippen molar-refractivity contribution in [3.8, 4) is 0 Å². The molecule has 2 atom stereocenters. The average Bonchev–Trinajstić information content (AvgIpc) is 2.33. The van der Waals surface area contributed by atoms with Crippen LogP contribution in [-0.2, 0) is 0 Å². The van der Waals surface area contributed by atoms with Gasteiger partial charge >= 0.3 is 0 Å². The molecular formula is C10H20N2S. The standard InChI is InChI=1S/C10H20N2S/c1-7-6-11-9(13-7)12-8(2)10(3,4)5/h7-8H,6H2,1-5H3,(H,11,12). The van der Waals surface area contributed by atoms with Gasteiger partial charge in [0.05, 0.1) is 6.54 Å². The van der Waals surface area contributed by atoms with Gasteiger partial charge < -0.3 is 5.32 Å². The molecule has 0 aromatic carbocycles. The van der Waals surface area contributed by atoms with Gasteiger partial charge in [-0.05, 0) is 12.3 Å². The zero-order valence-corrected chi connectivity index (χ0v) is 10.0. The first-order valence-electron chi connectivity index (χ1n) is 4.87. The van der Waals surface area contributed by atoms with Crippen LogP contribution in [-0.4, -0.2) is 23.0 Å². The molecule has 1 N–H and O–H groups in total. The summed E-state index contributed by atoms with van der Waals surface area (Å²) >= 11 is 1.85. The fourth-order valence-electron chi connectivity index (χ4n) is 0.958. The van der Waals surface area contributed by atoms with Crippen LogP contribution in [0.25, 0.3) is 0 Å². The summed E-state index contributed by atoms with van der Waals surface area (Å²) in [6.07, 6.45) is 0. The summed E-state index contributed by atoms with van der Waals surface area (Å²) in [4.78, 5) is 4.44. The Morgan fingerprint density at radius 2 is 2.15 bits per heavy atom. The van der Waals surface area contributed by atoms with Crippen molar-refractivity contribution in [2.45, 2.75) is 45.9 Å². The van der Waals surface area contributed by atoms with Crippen LogP contribution in [0.3, 0.4) is 0 Å². The van der Waals surface area contributed by atoms with Crippen molar-refractivity contribution in [3.63, 3.8) is 0 Å². The first-order chi connectivity index (χ1) is 5.89. The fraction of sp³-hybridized carbons (Fsp3) is 0.900. The first kappa shape index (κ1) is 10.9. The lowest BCUT2D eigenvalue weighted by Gasteiger charge is -2.28. The maximum atomic E-state index is 4.44. The molecule has 3 heteroatoms. The minimum Gasteiger partial charge on any atom is -0.362 e. The van der Waals surface area contributed by atoms with Crippen LogP contribution in [0.2, 0.25) is 0 Å². The SMILES string of the molecule is CC1CN=C(NC(C)C(C)(C)C)S1. The lowest BCUT2D eigenvalue weighted by molar-refractivity contribution is 0.317. The zero-order chi connectivity index (χ0) is 10.1. The van der Waals surface area contributed by atoms with E-state index in [1.807, 2.05) is 11.8 Å². The number of hydrogen-bond donors (Lipinski definition) is 1. The van der Waals surface area contributed by atoms with Gasteiger partial charge in [-0.25, -0.2) is 0 Å². The number of nitrogens with zero attached hydrogens (tertiary/aromatic N) is 1. The number of amidine groups is 1. The van der Waals surface area contributed by atoms with Crippen LogP contribution in [0.5, 0.6) is 0 Å². The molecule has 1 aliphatic rings. The predicted octanol–water partition coefficient (Wildman–Crippen LogP) is 2.50. The van der Waals surface area contributed by atoms with Crippen LogP contribution < -0.4 is 5.32 Å². The van der Waals surface area contributed by atoms with Crippen molar-refractivity contribution in [2.75, 3.05) is 6.54 Å².